The number of aromatic nitrogens is 1. The number of hydrogen-bond donors (Lipinski definition) is 2. The Bertz CT molecular complexity index is 1140. The summed E-state index contributed by atoms with van der Waals surface area (Å²) in [7, 11) is -4.47. The Labute approximate surface area is 199 Å². The van der Waals surface area contributed by atoms with Gasteiger partial charge in [-0.15, -0.1) is 0 Å². The minimum absolute atomic E-state index is 0.0225. The third-order valence-electron chi connectivity index (χ3n) is 5.48. The Morgan fingerprint density at radius 2 is 1.91 bits per heavy atom. The molecule has 1 aliphatic rings. The van der Waals surface area contributed by atoms with E-state index >= 15 is 0 Å². The molecule has 0 saturated heterocycles. The van der Waals surface area contributed by atoms with Crippen LogP contribution in [-0.2, 0) is 26.1 Å². The van der Waals surface area contributed by atoms with Gasteiger partial charge >= 0.3 is 12.1 Å². The second-order valence-corrected chi connectivity index (χ2v) is 10.3. The molecular weight excluding hydrogens is 460 g/mol. The number of rotatable bonds is 9. The molecule has 0 aliphatic carbocycles. The molecule has 1 unspecified atom stereocenters. The van der Waals surface area contributed by atoms with E-state index in [1.54, 1.807) is 38.4 Å². The molecule has 10 nitrogen and oxygen atoms in total. The number of carbonyl (C=O) groups excluding carboxylic acids is 1. The van der Waals surface area contributed by atoms with Crippen LogP contribution in [0.5, 0.6) is 0 Å². The molecular formula is C23H30N4O6S. The van der Waals surface area contributed by atoms with Gasteiger partial charge < -0.3 is 20.1 Å². The van der Waals surface area contributed by atoms with Gasteiger partial charge in [0.2, 0.25) is 0 Å². The zero-order valence-electron chi connectivity index (χ0n) is 19.6. The van der Waals surface area contributed by atoms with Gasteiger partial charge in [-0.3, -0.25) is 4.98 Å². The van der Waals surface area contributed by atoms with Crippen molar-refractivity contribution in [1.29, 1.82) is 0 Å². The Morgan fingerprint density at radius 1 is 1.24 bits per heavy atom. The topological polar surface area (TPSA) is 129 Å². The van der Waals surface area contributed by atoms with Gasteiger partial charge in [-0.05, 0) is 49.9 Å². The Hall–Kier alpha value is -3.34. The van der Waals surface area contributed by atoms with Crippen LogP contribution in [0.3, 0.4) is 0 Å². The molecule has 0 bridgehead atoms. The number of benzene rings is 1. The molecule has 1 aromatic heterocycles. The van der Waals surface area contributed by atoms with E-state index in [2.05, 4.69) is 15.2 Å². The maximum absolute atomic E-state index is 13.4. The Balaban J connectivity index is 1.89. The lowest BCUT2D eigenvalue weighted by atomic mass is 10.0. The summed E-state index contributed by atoms with van der Waals surface area (Å²) in [5.74, 6) is -1.57. The predicted molar refractivity (Wildman–Crippen MR) is 127 cm³/mol. The largest absolute Gasteiger partial charge is 0.480 e. The Kier molecular flexibility index (Phi) is 7.65. The van der Waals surface area contributed by atoms with E-state index in [0.717, 1.165) is 16.9 Å². The van der Waals surface area contributed by atoms with Gasteiger partial charge in [0, 0.05) is 12.7 Å². The molecule has 1 aliphatic heterocycles. The highest BCUT2D eigenvalue weighted by molar-refractivity contribution is 7.89. The van der Waals surface area contributed by atoms with Gasteiger partial charge in [-0.25, -0.2) is 18.0 Å². The number of ether oxygens (including phenoxy) is 1. The molecule has 0 radical (unpaired) electrons. The van der Waals surface area contributed by atoms with Gasteiger partial charge in [-0.2, -0.15) is 4.31 Å². The standard InChI is InChI=1S/C23H30N4O6S/c1-5-33-23(30)27(21(22(28)29)12-15(2)3)34(31,32)18-8-6-17(7-9-18)14-26-16(4)25-19-13-24-11-10-20(19)26/h6-11,13,15-16,21,25H,5,12,14H2,1-4H3,(H,28,29)/t16?,21-/m0/s1. The van der Waals surface area contributed by atoms with E-state index in [1.807, 2.05) is 13.0 Å². The number of carboxylic acid groups (broad SMARTS) is 1. The normalized spacial score (nSPS) is 16.0. The fourth-order valence-corrected chi connectivity index (χ4v) is 5.35. The van der Waals surface area contributed by atoms with Crippen LogP contribution in [0.15, 0.2) is 47.6 Å². The summed E-state index contributed by atoms with van der Waals surface area (Å²) >= 11 is 0. The number of anilines is 2. The summed E-state index contributed by atoms with van der Waals surface area (Å²) in [5.41, 5.74) is 2.76. The molecule has 0 spiro atoms. The van der Waals surface area contributed by atoms with E-state index in [-0.39, 0.29) is 30.0 Å². The monoisotopic (exact) mass is 490 g/mol. The minimum Gasteiger partial charge on any atom is -0.480 e. The van der Waals surface area contributed by atoms with Crippen LogP contribution in [0.2, 0.25) is 0 Å². The van der Waals surface area contributed by atoms with Crippen molar-refractivity contribution in [3.05, 3.63) is 48.3 Å². The molecule has 11 heteroatoms. The van der Waals surface area contributed by atoms with E-state index in [4.69, 9.17) is 4.74 Å². The maximum Gasteiger partial charge on any atom is 0.424 e. The van der Waals surface area contributed by atoms with Crippen LogP contribution >= 0.6 is 0 Å². The van der Waals surface area contributed by atoms with Crippen molar-refractivity contribution >= 4 is 33.5 Å². The van der Waals surface area contributed by atoms with E-state index < -0.39 is 28.1 Å². The number of sulfonamides is 1. The number of fused-ring (bicyclic) bond motifs is 1. The van der Waals surface area contributed by atoms with Crippen molar-refractivity contribution in [2.24, 2.45) is 5.92 Å². The van der Waals surface area contributed by atoms with E-state index in [0.29, 0.717) is 10.8 Å². The summed E-state index contributed by atoms with van der Waals surface area (Å²) in [5, 5.41) is 13.0. The number of hydrogen-bond acceptors (Lipinski definition) is 8. The second kappa shape index (κ2) is 10.3. The summed E-state index contributed by atoms with van der Waals surface area (Å²) in [6, 6.07) is 6.40. The Morgan fingerprint density at radius 3 is 2.50 bits per heavy atom. The first-order valence-corrected chi connectivity index (χ1v) is 12.5. The predicted octanol–water partition coefficient (Wildman–Crippen LogP) is 3.51. The van der Waals surface area contributed by atoms with E-state index in [1.165, 1.54) is 19.1 Å². The zero-order chi connectivity index (χ0) is 25.0. The van der Waals surface area contributed by atoms with Gasteiger partial charge in [0.15, 0.2) is 0 Å². The van der Waals surface area contributed by atoms with Crippen molar-refractivity contribution < 1.29 is 27.9 Å². The fourth-order valence-electron chi connectivity index (χ4n) is 3.88. The first-order valence-electron chi connectivity index (χ1n) is 11.1. The van der Waals surface area contributed by atoms with Crippen LogP contribution in [0.4, 0.5) is 16.2 Å². The van der Waals surface area contributed by atoms with Crippen LogP contribution in [0.1, 0.15) is 39.7 Å². The van der Waals surface area contributed by atoms with Crippen LogP contribution in [0.25, 0.3) is 0 Å². The molecule has 2 atom stereocenters. The molecule has 0 fully saturated rings. The molecule has 0 saturated carbocycles. The van der Waals surface area contributed by atoms with Gasteiger partial charge in [-0.1, -0.05) is 26.0 Å². The lowest BCUT2D eigenvalue weighted by Crippen LogP contribution is -2.49. The number of aliphatic carboxylic acids is 1. The summed E-state index contributed by atoms with van der Waals surface area (Å²) in [6.07, 6.45) is 2.23. The molecule has 2 aromatic rings. The third kappa shape index (κ3) is 5.24. The summed E-state index contributed by atoms with van der Waals surface area (Å²) in [6.45, 7) is 7.47. The fraction of sp³-hybridized carbons (Fsp3) is 0.435. The van der Waals surface area contributed by atoms with Crippen molar-refractivity contribution in [2.45, 2.75) is 57.8 Å². The van der Waals surface area contributed by atoms with Crippen molar-refractivity contribution in [1.82, 2.24) is 9.29 Å². The molecule has 2 heterocycles. The quantitative estimate of drug-likeness (QED) is 0.542. The van der Waals surface area contributed by atoms with Crippen molar-refractivity contribution in [3.63, 3.8) is 0 Å². The van der Waals surface area contributed by atoms with E-state index in [9.17, 15) is 23.1 Å². The lowest BCUT2D eigenvalue weighted by molar-refractivity contribution is -0.141. The number of nitrogens with zero attached hydrogens (tertiary/aromatic N) is 3. The molecule has 1 amide bonds. The van der Waals surface area contributed by atoms with Crippen molar-refractivity contribution in [3.8, 4) is 0 Å². The lowest BCUT2D eigenvalue weighted by Gasteiger charge is -2.28. The summed E-state index contributed by atoms with van der Waals surface area (Å²) in [4.78, 5) is 30.6. The second-order valence-electron chi connectivity index (χ2n) is 8.47. The highest BCUT2D eigenvalue weighted by atomic mass is 32.2. The highest BCUT2D eigenvalue weighted by Gasteiger charge is 2.41. The molecule has 3 rings (SSSR count). The summed E-state index contributed by atoms with van der Waals surface area (Å²) < 4.78 is 32.0. The number of pyridine rings is 1. The highest BCUT2D eigenvalue weighted by Crippen LogP contribution is 2.34. The van der Waals surface area contributed by atoms with Gasteiger partial charge in [0.1, 0.15) is 6.04 Å². The van der Waals surface area contributed by atoms with Crippen LogP contribution in [0, 0.1) is 5.92 Å². The SMILES string of the molecule is CCOC(=O)N([C@@H](CC(C)C)C(=O)O)S(=O)(=O)c1ccc(CN2c3ccncc3NC2C)cc1. The molecule has 2 N–H and O–H groups in total. The zero-order valence-corrected chi connectivity index (χ0v) is 20.4. The molecule has 1 aromatic carbocycles. The van der Waals surface area contributed by atoms with Crippen LogP contribution < -0.4 is 10.2 Å². The first kappa shape index (κ1) is 25.3. The maximum atomic E-state index is 13.4. The molecule has 184 valence electrons. The smallest absolute Gasteiger partial charge is 0.424 e. The molecule has 34 heavy (non-hydrogen) atoms. The minimum atomic E-state index is -4.47. The average Bonchev–Trinajstić information content (AvgIpc) is 3.08. The van der Waals surface area contributed by atoms with Gasteiger partial charge in [0.25, 0.3) is 10.0 Å². The van der Waals surface area contributed by atoms with Crippen LogP contribution in [-0.4, -0.2) is 53.7 Å². The average molecular weight is 491 g/mol. The number of nitrogens with one attached hydrogen (secondary N) is 1. The number of carbonyl (C=O) groups is 2. The van der Waals surface area contributed by atoms with Crippen molar-refractivity contribution in [2.75, 3.05) is 16.8 Å². The number of amides is 1. The third-order valence-corrected chi connectivity index (χ3v) is 7.27. The number of carboxylic acids is 1. The van der Waals surface area contributed by atoms with Gasteiger partial charge in [0.05, 0.1) is 35.2 Å². The first-order chi connectivity index (χ1) is 16.1.